The first-order valence-electron chi connectivity index (χ1n) is 9.24. The molecule has 0 radical (unpaired) electrons. The molecule has 0 aliphatic carbocycles. The number of nitrogens with zero attached hydrogens (tertiary/aromatic N) is 2. The summed E-state index contributed by atoms with van der Waals surface area (Å²) in [5, 5.41) is 6.18. The van der Waals surface area contributed by atoms with Crippen molar-refractivity contribution < 1.29 is 26.3 Å². The molecule has 0 spiro atoms. The Labute approximate surface area is 192 Å². The molecule has 12 heteroatoms. The van der Waals surface area contributed by atoms with Crippen LogP contribution in [-0.2, 0) is 16.4 Å². The van der Waals surface area contributed by atoms with E-state index in [-0.39, 0.29) is 47.8 Å². The lowest BCUT2D eigenvalue weighted by atomic mass is 10.1. The largest absolute Gasteiger partial charge is 0.484 e. The average molecular weight is 564 g/mol. The zero-order chi connectivity index (χ0) is 21.5. The lowest BCUT2D eigenvalue weighted by Crippen LogP contribution is -2.45. The molecular weight excluding hydrogens is 536 g/mol. The van der Waals surface area contributed by atoms with Gasteiger partial charge in [0.05, 0.1) is 11.5 Å². The molecule has 1 fully saturated rings. The number of aliphatic imine (C=N–C) groups is 1. The molecular formula is C18H28F3IN4O3S. The zero-order valence-corrected chi connectivity index (χ0v) is 20.1. The van der Waals surface area contributed by atoms with E-state index in [0.717, 1.165) is 5.56 Å². The monoisotopic (exact) mass is 564 g/mol. The minimum absolute atomic E-state index is 0. The van der Waals surface area contributed by atoms with E-state index in [1.807, 2.05) is 0 Å². The number of halogens is 4. The third kappa shape index (κ3) is 9.69. The van der Waals surface area contributed by atoms with Gasteiger partial charge in [0, 0.05) is 45.3 Å². The van der Waals surface area contributed by atoms with Gasteiger partial charge in [-0.05, 0) is 18.6 Å². The van der Waals surface area contributed by atoms with E-state index in [4.69, 9.17) is 4.74 Å². The number of ether oxygens (including phenoxy) is 1. The van der Waals surface area contributed by atoms with E-state index in [2.05, 4.69) is 20.5 Å². The number of hydrogen-bond donors (Lipinski definition) is 2. The fourth-order valence-corrected chi connectivity index (χ4v) is 4.08. The van der Waals surface area contributed by atoms with Crippen molar-refractivity contribution in [3.63, 3.8) is 0 Å². The van der Waals surface area contributed by atoms with Gasteiger partial charge >= 0.3 is 6.18 Å². The highest BCUT2D eigenvalue weighted by Gasteiger charge is 2.28. The number of rotatable bonds is 7. The molecule has 2 rings (SSSR count). The predicted octanol–water partition coefficient (Wildman–Crippen LogP) is 1.95. The van der Waals surface area contributed by atoms with Gasteiger partial charge in [0.15, 0.2) is 22.4 Å². The van der Waals surface area contributed by atoms with E-state index >= 15 is 0 Å². The molecule has 1 saturated heterocycles. The fourth-order valence-electron chi connectivity index (χ4n) is 2.81. The molecule has 1 aliphatic heterocycles. The Kier molecular flexibility index (Phi) is 10.6. The number of benzene rings is 1. The van der Waals surface area contributed by atoms with Gasteiger partial charge in [-0.1, -0.05) is 12.1 Å². The summed E-state index contributed by atoms with van der Waals surface area (Å²) in [6.07, 6.45) is -4.40. The van der Waals surface area contributed by atoms with Gasteiger partial charge < -0.3 is 15.4 Å². The lowest BCUT2D eigenvalue weighted by molar-refractivity contribution is -0.153. The minimum Gasteiger partial charge on any atom is -0.484 e. The van der Waals surface area contributed by atoms with Crippen LogP contribution in [0, 0.1) is 6.92 Å². The van der Waals surface area contributed by atoms with Crippen LogP contribution in [0.25, 0.3) is 0 Å². The second-order valence-electron chi connectivity index (χ2n) is 6.86. The molecule has 7 nitrogen and oxygen atoms in total. The van der Waals surface area contributed by atoms with Gasteiger partial charge in [-0.3, -0.25) is 9.89 Å². The Morgan fingerprint density at radius 1 is 1.23 bits per heavy atom. The quantitative estimate of drug-likeness (QED) is 0.300. The molecule has 0 saturated carbocycles. The van der Waals surface area contributed by atoms with Crippen LogP contribution in [0.1, 0.15) is 11.1 Å². The SMILES string of the molecule is CN=C(NCCN1CCS(=O)(=O)CC1)NCc1ccc(C)cc1OCC(F)(F)F.I. The number of nitrogens with one attached hydrogen (secondary N) is 2. The normalized spacial score (nSPS) is 17.2. The summed E-state index contributed by atoms with van der Waals surface area (Å²) in [6, 6.07) is 5.09. The van der Waals surface area contributed by atoms with Crippen LogP contribution in [0.5, 0.6) is 5.75 Å². The van der Waals surface area contributed by atoms with E-state index in [1.54, 1.807) is 32.2 Å². The third-order valence-electron chi connectivity index (χ3n) is 4.44. The summed E-state index contributed by atoms with van der Waals surface area (Å²) >= 11 is 0. The van der Waals surface area contributed by atoms with E-state index in [9.17, 15) is 21.6 Å². The first kappa shape index (κ1) is 26.8. The van der Waals surface area contributed by atoms with E-state index in [1.165, 1.54) is 0 Å². The molecule has 0 atom stereocenters. The van der Waals surface area contributed by atoms with E-state index in [0.29, 0.717) is 37.7 Å². The van der Waals surface area contributed by atoms with Crippen LogP contribution in [0.2, 0.25) is 0 Å². The van der Waals surface area contributed by atoms with Crippen molar-refractivity contribution in [3.05, 3.63) is 29.3 Å². The topological polar surface area (TPSA) is 83.0 Å². The number of aryl methyl sites for hydroxylation is 1. The summed E-state index contributed by atoms with van der Waals surface area (Å²) in [5.74, 6) is 1.03. The van der Waals surface area contributed by atoms with Crippen LogP contribution in [-0.4, -0.2) is 76.8 Å². The summed E-state index contributed by atoms with van der Waals surface area (Å²) < 4.78 is 65.3. The van der Waals surface area contributed by atoms with Gasteiger partial charge in [-0.15, -0.1) is 24.0 Å². The second kappa shape index (κ2) is 11.9. The van der Waals surface area contributed by atoms with Gasteiger partial charge in [0.1, 0.15) is 5.75 Å². The molecule has 0 aromatic heterocycles. The number of sulfone groups is 1. The first-order valence-corrected chi connectivity index (χ1v) is 11.1. The fraction of sp³-hybridized carbons (Fsp3) is 0.611. The van der Waals surface area contributed by atoms with Crippen molar-refractivity contribution in [2.45, 2.75) is 19.6 Å². The molecule has 1 aromatic carbocycles. The Morgan fingerprint density at radius 2 is 1.90 bits per heavy atom. The first-order chi connectivity index (χ1) is 13.6. The third-order valence-corrected chi connectivity index (χ3v) is 6.05. The summed E-state index contributed by atoms with van der Waals surface area (Å²) in [5.41, 5.74) is 1.39. The molecule has 1 aromatic rings. The van der Waals surface area contributed by atoms with Crippen LogP contribution in [0.15, 0.2) is 23.2 Å². The van der Waals surface area contributed by atoms with Crippen LogP contribution < -0.4 is 15.4 Å². The number of guanidine groups is 1. The van der Waals surface area contributed by atoms with Gasteiger partial charge in [0.25, 0.3) is 0 Å². The van der Waals surface area contributed by atoms with E-state index < -0.39 is 22.6 Å². The maximum absolute atomic E-state index is 12.5. The van der Waals surface area contributed by atoms with Crippen LogP contribution >= 0.6 is 24.0 Å². The standard InChI is InChI=1S/C18H27F3N4O3S.HI/c1-14-3-4-15(16(11-14)28-13-18(19,20)21)12-24-17(22-2)23-5-6-25-7-9-29(26,27)10-8-25;/h3-4,11H,5-10,12-13H2,1-2H3,(H2,22,23,24);1H. The second-order valence-corrected chi connectivity index (χ2v) is 9.16. The van der Waals surface area contributed by atoms with Crippen molar-refractivity contribution in [1.29, 1.82) is 0 Å². The highest BCUT2D eigenvalue weighted by atomic mass is 127. The average Bonchev–Trinajstić information content (AvgIpc) is 2.64. The summed E-state index contributed by atoms with van der Waals surface area (Å²) in [7, 11) is -1.31. The Hall–Kier alpha value is -1.28. The number of hydrogen-bond acceptors (Lipinski definition) is 5. The van der Waals surface area contributed by atoms with Gasteiger partial charge in [0.2, 0.25) is 0 Å². The maximum atomic E-state index is 12.5. The number of alkyl halides is 3. The highest BCUT2D eigenvalue weighted by molar-refractivity contribution is 14.0. The lowest BCUT2D eigenvalue weighted by Gasteiger charge is -2.26. The molecule has 0 amide bonds. The maximum Gasteiger partial charge on any atom is 0.422 e. The Morgan fingerprint density at radius 3 is 2.50 bits per heavy atom. The molecule has 1 heterocycles. The van der Waals surface area contributed by atoms with Crippen molar-refractivity contribution in [2.24, 2.45) is 4.99 Å². The highest BCUT2D eigenvalue weighted by Crippen LogP contribution is 2.23. The van der Waals surface area contributed by atoms with Crippen LogP contribution in [0.4, 0.5) is 13.2 Å². The Balaban J connectivity index is 0.00000450. The Bertz CT molecular complexity index is 805. The van der Waals surface area contributed by atoms with Crippen molar-refractivity contribution in [1.82, 2.24) is 15.5 Å². The minimum atomic E-state index is -4.40. The molecule has 30 heavy (non-hydrogen) atoms. The zero-order valence-electron chi connectivity index (χ0n) is 17.0. The van der Waals surface area contributed by atoms with Crippen LogP contribution in [0.3, 0.4) is 0 Å². The molecule has 0 bridgehead atoms. The molecule has 172 valence electrons. The smallest absolute Gasteiger partial charge is 0.422 e. The van der Waals surface area contributed by atoms with Gasteiger partial charge in [-0.2, -0.15) is 13.2 Å². The molecule has 1 aliphatic rings. The molecule has 2 N–H and O–H groups in total. The summed E-state index contributed by atoms with van der Waals surface area (Å²) in [6.45, 7) is 2.94. The molecule has 0 unspecified atom stereocenters. The predicted molar refractivity (Wildman–Crippen MR) is 121 cm³/mol. The van der Waals surface area contributed by atoms with Gasteiger partial charge in [-0.25, -0.2) is 8.42 Å². The van der Waals surface area contributed by atoms with Crippen molar-refractivity contribution in [2.75, 3.05) is 51.3 Å². The van der Waals surface area contributed by atoms with Crippen molar-refractivity contribution in [3.8, 4) is 5.75 Å². The van der Waals surface area contributed by atoms with Crippen molar-refractivity contribution >= 4 is 39.8 Å². The summed E-state index contributed by atoms with van der Waals surface area (Å²) in [4.78, 5) is 6.16.